The van der Waals surface area contributed by atoms with Crippen molar-refractivity contribution in [3.63, 3.8) is 0 Å². The van der Waals surface area contributed by atoms with Crippen LogP contribution in [-0.2, 0) is 10.0 Å². The molecule has 0 atom stereocenters. The molecule has 1 aliphatic rings. The van der Waals surface area contributed by atoms with Crippen LogP contribution in [0.1, 0.15) is 24.5 Å². The number of hydrogen-bond donors (Lipinski definition) is 1. The van der Waals surface area contributed by atoms with Crippen molar-refractivity contribution in [2.45, 2.75) is 30.3 Å². The molecule has 9 heteroatoms. The van der Waals surface area contributed by atoms with Gasteiger partial charge in [-0.3, -0.25) is 9.71 Å². The van der Waals surface area contributed by atoms with Crippen LogP contribution in [0.2, 0.25) is 0 Å². The summed E-state index contributed by atoms with van der Waals surface area (Å²) < 4.78 is 55.9. The van der Waals surface area contributed by atoms with Crippen molar-refractivity contribution in [1.82, 2.24) is 9.97 Å². The molecule has 6 nitrogen and oxygen atoms in total. The van der Waals surface area contributed by atoms with Gasteiger partial charge in [0.05, 0.1) is 10.6 Å². The standard InChI is InChI=1S/C14H13F2N3O3S/c15-14(16)22-10-2-1-3-11(8-10)23(20,21)19-13-12(9-4-5-9)17-6-7-18-13/h1-3,6-9,14H,4-5H2,(H,18,19). The molecular weight excluding hydrogens is 328 g/mol. The van der Waals surface area contributed by atoms with Crippen molar-refractivity contribution in [1.29, 1.82) is 0 Å². The Morgan fingerprint density at radius 3 is 2.65 bits per heavy atom. The quantitative estimate of drug-likeness (QED) is 0.874. The summed E-state index contributed by atoms with van der Waals surface area (Å²) in [5, 5.41) is 0. The molecule has 0 spiro atoms. The predicted octanol–water partition coefficient (Wildman–Crippen LogP) is 2.76. The molecular formula is C14H13F2N3O3S. The third kappa shape index (κ3) is 3.73. The molecule has 1 N–H and O–H groups in total. The molecule has 23 heavy (non-hydrogen) atoms. The summed E-state index contributed by atoms with van der Waals surface area (Å²) in [6, 6.07) is 4.89. The van der Waals surface area contributed by atoms with E-state index in [2.05, 4.69) is 19.4 Å². The zero-order valence-corrected chi connectivity index (χ0v) is 12.6. The van der Waals surface area contributed by atoms with E-state index in [0.717, 1.165) is 18.9 Å². The molecule has 3 rings (SSSR count). The SMILES string of the molecule is O=S(=O)(Nc1nccnc1C1CC1)c1cccc(OC(F)F)c1. The molecule has 0 aliphatic heterocycles. The Balaban J connectivity index is 1.87. The smallest absolute Gasteiger partial charge is 0.387 e. The lowest BCUT2D eigenvalue weighted by Crippen LogP contribution is -2.16. The Kier molecular flexibility index (Phi) is 4.12. The second-order valence-corrected chi connectivity index (χ2v) is 6.71. The number of halogens is 2. The summed E-state index contributed by atoms with van der Waals surface area (Å²) in [5.41, 5.74) is 0.594. The maximum Gasteiger partial charge on any atom is 0.387 e. The molecule has 1 saturated carbocycles. The highest BCUT2D eigenvalue weighted by Crippen LogP contribution is 2.41. The summed E-state index contributed by atoms with van der Waals surface area (Å²) >= 11 is 0. The van der Waals surface area contributed by atoms with Crippen molar-refractivity contribution < 1.29 is 21.9 Å². The van der Waals surface area contributed by atoms with Gasteiger partial charge in [0.1, 0.15) is 5.75 Å². The molecule has 1 fully saturated rings. The number of aromatic nitrogens is 2. The number of nitrogens with zero attached hydrogens (tertiary/aromatic N) is 2. The second-order valence-electron chi connectivity index (χ2n) is 5.02. The minimum atomic E-state index is -3.98. The van der Waals surface area contributed by atoms with Crippen LogP contribution in [0.3, 0.4) is 0 Å². The van der Waals surface area contributed by atoms with E-state index in [1.165, 1.54) is 30.6 Å². The van der Waals surface area contributed by atoms with Crippen molar-refractivity contribution in [3.8, 4) is 5.75 Å². The van der Waals surface area contributed by atoms with E-state index in [9.17, 15) is 17.2 Å². The van der Waals surface area contributed by atoms with Gasteiger partial charge in [-0.2, -0.15) is 8.78 Å². The fourth-order valence-corrected chi connectivity index (χ4v) is 3.15. The minimum Gasteiger partial charge on any atom is -0.435 e. The maximum atomic E-state index is 12.4. The largest absolute Gasteiger partial charge is 0.435 e. The molecule has 0 amide bonds. The summed E-state index contributed by atoms with van der Waals surface area (Å²) in [6.07, 6.45) is 4.76. The van der Waals surface area contributed by atoms with E-state index in [1.54, 1.807) is 0 Å². The number of sulfonamides is 1. The molecule has 0 saturated heterocycles. The summed E-state index contributed by atoms with van der Waals surface area (Å²) in [4.78, 5) is 7.99. The van der Waals surface area contributed by atoms with Crippen LogP contribution in [0.15, 0.2) is 41.6 Å². The van der Waals surface area contributed by atoms with Crippen molar-refractivity contribution >= 4 is 15.8 Å². The minimum absolute atomic E-state index is 0.162. The third-order valence-corrected chi connectivity index (χ3v) is 4.60. The van der Waals surface area contributed by atoms with Gasteiger partial charge >= 0.3 is 6.61 Å². The topological polar surface area (TPSA) is 81.2 Å². The van der Waals surface area contributed by atoms with E-state index in [4.69, 9.17) is 0 Å². The van der Waals surface area contributed by atoms with E-state index in [-0.39, 0.29) is 22.4 Å². The number of alkyl halides is 2. The van der Waals surface area contributed by atoms with Crippen molar-refractivity contribution in [2.75, 3.05) is 4.72 Å². The van der Waals surface area contributed by atoms with Crippen molar-refractivity contribution in [3.05, 3.63) is 42.4 Å². The fraction of sp³-hybridized carbons (Fsp3) is 0.286. The second kappa shape index (κ2) is 6.07. The first-order valence-corrected chi connectivity index (χ1v) is 8.32. The highest BCUT2D eigenvalue weighted by molar-refractivity contribution is 7.92. The summed E-state index contributed by atoms with van der Waals surface area (Å²) in [5.74, 6) is 0.134. The lowest BCUT2D eigenvalue weighted by Gasteiger charge is -2.11. The Hall–Kier alpha value is -2.29. The highest BCUT2D eigenvalue weighted by Gasteiger charge is 2.30. The van der Waals surface area contributed by atoms with Crippen LogP contribution >= 0.6 is 0 Å². The zero-order chi connectivity index (χ0) is 16.4. The van der Waals surface area contributed by atoms with Gasteiger partial charge in [-0.15, -0.1) is 0 Å². The van der Waals surface area contributed by atoms with E-state index < -0.39 is 16.6 Å². The molecule has 1 aliphatic carbocycles. The average Bonchev–Trinajstić information content (AvgIpc) is 3.32. The van der Waals surface area contributed by atoms with Crippen LogP contribution in [0.5, 0.6) is 5.75 Å². The number of hydrogen-bond acceptors (Lipinski definition) is 5. The van der Waals surface area contributed by atoms with Crippen molar-refractivity contribution in [2.24, 2.45) is 0 Å². The monoisotopic (exact) mass is 341 g/mol. The van der Waals surface area contributed by atoms with Gasteiger partial charge in [0.25, 0.3) is 10.0 Å². The zero-order valence-electron chi connectivity index (χ0n) is 11.8. The van der Waals surface area contributed by atoms with E-state index in [0.29, 0.717) is 5.69 Å². The predicted molar refractivity (Wildman–Crippen MR) is 77.9 cm³/mol. The van der Waals surface area contributed by atoms with Crippen LogP contribution < -0.4 is 9.46 Å². The number of nitrogens with one attached hydrogen (secondary N) is 1. The van der Waals surface area contributed by atoms with Gasteiger partial charge in [-0.1, -0.05) is 6.07 Å². The van der Waals surface area contributed by atoms with Crippen LogP contribution in [-0.4, -0.2) is 25.0 Å². The average molecular weight is 341 g/mol. The number of benzene rings is 1. The summed E-state index contributed by atoms with van der Waals surface area (Å²) in [6.45, 7) is -3.03. The van der Waals surface area contributed by atoms with Gasteiger partial charge in [-0.25, -0.2) is 13.4 Å². The molecule has 0 bridgehead atoms. The molecule has 122 valence electrons. The molecule has 1 heterocycles. The Labute approximate surface area is 131 Å². The maximum absolute atomic E-state index is 12.4. The third-order valence-electron chi connectivity index (χ3n) is 3.26. The van der Waals surface area contributed by atoms with Gasteiger partial charge < -0.3 is 4.74 Å². The van der Waals surface area contributed by atoms with E-state index >= 15 is 0 Å². The first kappa shape index (κ1) is 15.6. The number of rotatable bonds is 6. The Morgan fingerprint density at radius 2 is 1.96 bits per heavy atom. The Bertz CT molecular complexity index is 810. The molecule has 0 unspecified atom stereocenters. The van der Waals surface area contributed by atoms with Gasteiger partial charge in [0.15, 0.2) is 5.82 Å². The van der Waals surface area contributed by atoms with Crippen LogP contribution in [0.25, 0.3) is 0 Å². The fourth-order valence-electron chi connectivity index (χ4n) is 2.09. The highest BCUT2D eigenvalue weighted by atomic mass is 32.2. The lowest BCUT2D eigenvalue weighted by molar-refractivity contribution is -0.0499. The first-order chi connectivity index (χ1) is 11.0. The molecule has 2 aromatic rings. The first-order valence-electron chi connectivity index (χ1n) is 6.84. The van der Waals surface area contributed by atoms with Gasteiger partial charge in [0.2, 0.25) is 0 Å². The normalized spacial score (nSPS) is 14.7. The lowest BCUT2D eigenvalue weighted by atomic mass is 10.3. The molecule has 1 aromatic carbocycles. The number of ether oxygens (including phenoxy) is 1. The van der Waals surface area contributed by atoms with Crippen LogP contribution in [0, 0.1) is 0 Å². The Morgan fingerprint density at radius 1 is 1.22 bits per heavy atom. The number of anilines is 1. The molecule has 1 aromatic heterocycles. The summed E-state index contributed by atoms with van der Waals surface area (Å²) in [7, 11) is -3.98. The van der Waals surface area contributed by atoms with Crippen LogP contribution in [0.4, 0.5) is 14.6 Å². The van der Waals surface area contributed by atoms with Gasteiger partial charge in [-0.05, 0) is 25.0 Å². The van der Waals surface area contributed by atoms with Gasteiger partial charge in [0, 0.05) is 24.4 Å². The van der Waals surface area contributed by atoms with E-state index in [1.807, 2.05) is 0 Å². The molecule has 0 radical (unpaired) electrons.